The van der Waals surface area contributed by atoms with Crippen LogP contribution in [0.25, 0.3) is 11.5 Å². The molecule has 0 aliphatic carbocycles. The van der Waals surface area contributed by atoms with Crippen molar-refractivity contribution in [2.45, 2.75) is 32.9 Å². The van der Waals surface area contributed by atoms with Crippen LogP contribution in [0.3, 0.4) is 0 Å². The summed E-state index contributed by atoms with van der Waals surface area (Å²) >= 11 is 1.50. The second-order valence-electron chi connectivity index (χ2n) is 7.31. The number of ether oxygens (including phenoxy) is 1. The highest BCUT2D eigenvalue weighted by Gasteiger charge is 2.43. The van der Waals surface area contributed by atoms with Gasteiger partial charge in [-0.1, -0.05) is 31.1 Å². The third-order valence-corrected chi connectivity index (χ3v) is 5.37. The number of amides is 2. The zero-order valence-electron chi connectivity index (χ0n) is 16.4. The predicted molar refractivity (Wildman–Crippen MR) is 108 cm³/mol. The summed E-state index contributed by atoms with van der Waals surface area (Å²) in [5, 5.41) is 7.57. The molecular formula is C21H19N3O5S. The van der Waals surface area contributed by atoms with Crippen LogP contribution >= 0.6 is 11.3 Å². The lowest BCUT2D eigenvalue weighted by atomic mass is 10.0. The molecule has 3 heterocycles. The number of hydrogen-bond donors (Lipinski definition) is 0. The summed E-state index contributed by atoms with van der Waals surface area (Å²) in [4.78, 5) is 43.7. The van der Waals surface area contributed by atoms with Crippen molar-refractivity contribution in [3.05, 3.63) is 58.0 Å². The topological polar surface area (TPSA) is 103 Å². The largest absolute Gasteiger partial charge is 0.456 e. The number of hydrogen-bond acceptors (Lipinski definition) is 8. The van der Waals surface area contributed by atoms with Crippen LogP contribution in [0.1, 0.15) is 46.8 Å². The maximum atomic E-state index is 12.9. The van der Waals surface area contributed by atoms with Crippen LogP contribution in [0.4, 0.5) is 0 Å². The van der Waals surface area contributed by atoms with Crippen LogP contribution in [0.15, 0.2) is 45.6 Å². The Bertz CT molecular complexity index is 1050. The number of imide groups is 1. The Kier molecular flexibility index (Phi) is 5.45. The fourth-order valence-electron chi connectivity index (χ4n) is 3.29. The maximum Gasteiger partial charge on any atom is 0.329 e. The van der Waals surface area contributed by atoms with Gasteiger partial charge in [0.1, 0.15) is 6.04 Å². The molecule has 8 nitrogen and oxygen atoms in total. The third-order valence-electron chi connectivity index (χ3n) is 4.68. The Morgan fingerprint density at radius 3 is 2.47 bits per heavy atom. The van der Waals surface area contributed by atoms with Crippen molar-refractivity contribution >= 4 is 29.1 Å². The number of aromatic nitrogens is 2. The molecule has 3 aromatic rings. The van der Waals surface area contributed by atoms with Crippen LogP contribution < -0.4 is 0 Å². The smallest absolute Gasteiger partial charge is 0.329 e. The molecule has 0 fully saturated rings. The van der Waals surface area contributed by atoms with Crippen molar-refractivity contribution in [1.82, 2.24) is 15.0 Å². The lowest BCUT2D eigenvalue weighted by Gasteiger charge is -2.25. The summed E-state index contributed by atoms with van der Waals surface area (Å²) in [6.07, 6.45) is 0.288. The number of carbonyl (C=O) groups is 3. The quantitative estimate of drug-likeness (QED) is 0.421. The SMILES string of the molecule is CC(C)CC(C(=O)OCc1noc(-c2ccsc2)n1)N1C(=O)c2ccccc2C1=O. The molecule has 0 radical (unpaired) electrons. The first-order valence-electron chi connectivity index (χ1n) is 9.44. The normalized spacial score (nSPS) is 14.3. The van der Waals surface area contributed by atoms with E-state index < -0.39 is 23.8 Å². The zero-order chi connectivity index (χ0) is 21.3. The summed E-state index contributed by atoms with van der Waals surface area (Å²) in [7, 11) is 0. The molecule has 0 saturated heterocycles. The standard InChI is InChI=1S/C21H19N3O5S/c1-12(2)9-16(24-19(25)14-5-3-4-6-15(14)20(24)26)21(27)28-10-17-22-18(29-23-17)13-7-8-30-11-13/h3-8,11-12,16H,9-10H2,1-2H3. The molecule has 1 aliphatic heterocycles. The van der Waals surface area contributed by atoms with Gasteiger partial charge >= 0.3 is 5.97 Å². The molecule has 9 heteroatoms. The van der Waals surface area contributed by atoms with E-state index in [2.05, 4.69) is 10.1 Å². The number of nitrogens with zero attached hydrogens (tertiary/aromatic N) is 3. The second-order valence-corrected chi connectivity index (χ2v) is 8.09. The van der Waals surface area contributed by atoms with Crippen LogP contribution in [-0.2, 0) is 16.1 Å². The molecule has 1 aliphatic rings. The van der Waals surface area contributed by atoms with Gasteiger partial charge in [0.2, 0.25) is 5.82 Å². The van der Waals surface area contributed by atoms with Crippen LogP contribution in [0, 0.1) is 5.92 Å². The molecule has 0 N–H and O–H groups in total. The van der Waals surface area contributed by atoms with Crippen molar-refractivity contribution in [3.8, 4) is 11.5 Å². The van der Waals surface area contributed by atoms with Crippen molar-refractivity contribution in [2.75, 3.05) is 0 Å². The van der Waals surface area contributed by atoms with E-state index in [0.29, 0.717) is 17.0 Å². The Morgan fingerprint density at radius 1 is 1.17 bits per heavy atom. The summed E-state index contributed by atoms with van der Waals surface area (Å²) < 4.78 is 10.5. The molecular weight excluding hydrogens is 406 g/mol. The van der Waals surface area contributed by atoms with E-state index in [1.807, 2.05) is 30.7 Å². The Hall–Kier alpha value is -3.33. The van der Waals surface area contributed by atoms with Gasteiger partial charge in [-0.15, -0.1) is 0 Å². The highest BCUT2D eigenvalue weighted by atomic mass is 32.1. The molecule has 2 aromatic heterocycles. The van der Waals surface area contributed by atoms with Crippen LogP contribution in [0.5, 0.6) is 0 Å². The Labute approximate surface area is 176 Å². The minimum atomic E-state index is -1.03. The van der Waals surface area contributed by atoms with Gasteiger partial charge in [0, 0.05) is 5.38 Å². The molecule has 4 rings (SSSR count). The highest BCUT2D eigenvalue weighted by Crippen LogP contribution is 2.27. The van der Waals surface area contributed by atoms with E-state index in [-0.39, 0.29) is 24.8 Å². The van der Waals surface area contributed by atoms with E-state index in [9.17, 15) is 14.4 Å². The predicted octanol–water partition coefficient (Wildman–Crippen LogP) is 3.55. The average molecular weight is 425 g/mol. The molecule has 30 heavy (non-hydrogen) atoms. The molecule has 154 valence electrons. The fourth-order valence-corrected chi connectivity index (χ4v) is 3.92. The molecule has 0 spiro atoms. The molecule has 0 saturated carbocycles. The zero-order valence-corrected chi connectivity index (χ0v) is 17.2. The van der Waals surface area contributed by atoms with E-state index in [0.717, 1.165) is 10.5 Å². The van der Waals surface area contributed by atoms with Gasteiger partial charge in [0.05, 0.1) is 16.7 Å². The van der Waals surface area contributed by atoms with Gasteiger partial charge in [-0.3, -0.25) is 14.5 Å². The first kappa shape index (κ1) is 20.0. The lowest BCUT2D eigenvalue weighted by Crippen LogP contribution is -2.46. The van der Waals surface area contributed by atoms with Crippen molar-refractivity contribution in [1.29, 1.82) is 0 Å². The number of carbonyl (C=O) groups excluding carboxylic acids is 3. The first-order valence-corrected chi connectivity index (χ1v) is 10.4. The molecule has 1 unspecified atom stereocenters. The van der Waals surface area contributed by atoms with Gasteiger partial charge in [-0.2, -0.15) is 16.3 Å². The minimum absolute atomic E-state index is 0.0576. The number of rotatable bonds is 7. The lowest BCUT2D eigenvalue weighted by molar-refractivity contribution is -0.150. The van der Waals surface area contributed by atoms with Crippen LogP contribution in [0.2, 0.25) is 0 Å². The number of esters is 1. The summed E-state index contributed by atoms with van der Waals surface area (Å²) in [5.41, 5.74) is 1.37. The second kappa shape index (κ2) is 8.19. The Morgan fingerprint density at radius 2 is 1.87 bits per heavy atom. The first-order chi connectivity index (χ1) is 14.5. The van der Waals surface area contributed by atoms with Gasteiger partial charge in [0.15, 0.2) is 6.61 Å². The fraction of sp³-hybridized carbons (Fsp3) is 0.286. The van der Waals surface area contributed by atoms with Crippen molar-refractivity contribution in [3.63, 3.8) is 0 Å². The maximum absolute atomic E-state index is 12.9. The number of fused-ring (bicyclic) bond motifs is 1. The molecule has 2 amide bonds. The van der Waals surface area contributed by atoms with Gasteiger partial charge < -0.3 is 9.26 Å². The molecule has 1 aromatic carbocycles. The van der Waals surface area contributed by atoms with E-state index in [1.165, 1.54) is 11.3 Å². The van der Waals surface area contributed by atoms with Crippen molar-refractivity contribution < 1.29 is 23.6 Å². The third kappa shape index (κ3) is 3.76. The van der Waals surface area contributed by atoms with Gasteiger partial charge in [-0.05, 0) is 35.9 Å². The monoisotopic (exact) mass is 425 g/mol. The van der Waals surface area contributed by atoms with Gasteiger partial charge in [0.25, 0.3) is 17.7 Å². The van der Waals surface area contributed by atoms with Crippen molar-refractivity contribution in [2.24, 2.45) is 5.92 Å². The van der Waals surface area contributed by atoms with E-state index in [4.69, 9.17) is 9.26 Å². The summed E-state index contributed by atoms with van der Waals surface area (Å²) in [6.45, 7) is 3.60. The number of benzene rings is 1. The van der Waals surface area contributed by atoms with E-state index >= 15 is 0 Å². The minimum Gasteiger partial charge on any atom is -0.456 e. The molecule has 0 bridgehead atoms. The summed E-state index contributed by atoms with van der Waals surface area (Å²) in [6, 6.07) is 7.35. The van der Waals surface area contributed by atoms with Gasteiger partial charge in [-0.25, -0.2) is 4.79 Å². The van der Waals surface area contributed by atoms with E-state index in [1.54, 1.807) is 24.3 Å². The highest BCUT2D eigenvalue weighted by molar-refractivity contribution is 7.08. The average Bonchev–Trinajstić information content (AvgIpc) is 3.46. The molecule has 1 atom stereocenters. The number of thiophene rings is 1. The summed E-state index contributed by atoms with van der Waals surface area (Å²) in [5.74, 6) is -1.06. The van der Waals surface area contributed by atoms with Crippen LogP contribution in [-0.4, -0.2) is 38.9 Å². The Balaban J connectivity index is 1.50.